The maximum atomic E-state index is 13.4. The molecule has 0 aliphatic heterocycles. The fourth-order valence-corrected chi connectivity index (χ4v) is 3.81. The molecule has 2 aromatic rings. The van der Waals surface area contributed by atoms with Crippen molar-refractivity contribution >= 4 is 17.9 Å². The van der Waals surface area contributed by atoms with Gasteiger partial charge in [0.1, 0.15) is 0 Å². The molecule has 3 rings (SSSR count). The van der Waals surface area contributed by atoms with Gasteiger partial charge in [0.15, 0.2) is 5.75 Å². The lowest BCUT2D eigenvalue weighted by molar-refractivity contribution is -0.124. The third kappa shape index (κ3) is 4.62. The first-order chi connectivity index (χ1) is 14.3. The number of benzene rings is 1. The van der Waals surface area contributed by atoms with Crippen LogP contribution in [0.2, 0.25) is 0 Å². The molecule has 0 spiro atoms. The van der Waals surface area contributed by atoms with Gasteiger partial charge in [0, 0.05) is 12.0 Å². The molecule has 8 heteroatoms. The Balaban J connectivity index is 1.99. The predicted molar refractivity (Wildman–Crippen MR) is 111 cm³/mol. The van der Waals surface area contributed by atoms with Crippen LogP contribution in [-0.4, -0.2) is 33.0 Å². The zero-order valence-corrected chi connectivity index (χ0v) is 17.4. The first-order valence-corrected chi connectivity index (χ1v) is 10.1. The van der Waals surface area contributed by atoms with Crippen LogP contribution in [-0.2, 0) is 4.79 Å². The van der Waals surface area contributed by atoms with Gasteiger partial charge in [-0.1, -0.05) is 6.92 Å². The van der Waals surface area contributed by atoms with Crippen molar-refractivity contribution in [2.24, 2.45) is 11.8 Å². The molecule has 158 valence electrons. The van der Waals surface area contributed by atoms with Crippen LogP contribution in [0.1, 0.15) is 52.0 Å². The van der Waals surface area contributed by atoms with Crippen LogP contribution in [0.5, 0.6) is 5.75 Å². The summed E-state index contributed by atoms with van der Waals surface area (Å²) in [5.74, 6) is 0.625. The molecule has 0 bridgehead atoms. The number of nitrogens with zero attached hydrogens (tertiary/aromatic N) is 4. The van der Waals surface area contributed by atoms with E-state index >= 15 is 0 Å². The summed E-state index contributed by atoms with van der Waals surface area (Å²) < 4.78 is 6.42. The van der Waals surface area contributed by atoms with Gasteiger partial charge >= 0.3 is 6.16 Å². The molecule has 1 N–H and O–H groups in total. The van der Waals surface area contributed by atoms with Crippen LogP contribution in [0.25, 0.3) is 5.69 Å². The van der Waals surface area contributed by atoms with Crippen LogP contribution in [0.15, 0.2) is 30.5 Å². The maximum Gasteiger partial charge on any atom is 0.511 e. The molecular formula is C22H26N4O4. The lowest BCUT2D eigenvalue weighted by Crippen LogP contribution is -2.42. The molecule has 0 atom stereocenters. The molecule has 0 radical (unpaired) electrons. The first kappa shape index (κ1) is 21.4. The molecule has 1 aliphatic rings. The normalized spacial score (nSPS) is 18.6. The highest BCUT2D eigenvalue weighted by molar-refractivity contribution is 5.96. The van der Waals surface area contributed by atoms with Gasteiger partial charge in [0.05, 0.1) is 23.5 Å². The fourth-order valence-electron chi connectivity index (χ4n) is 3.81. The zero-order valence-electron chi connectivity index (χ0n) is 17.4. The van der Waals surface area contributed by atoms with E-state index in [0.29, 0.717) is 17.2 Å². The lowest BCUT2D eigenvalue weighted by Gasteiger charge is -2.32. The van der Waals surface area contributed by atoms with Crippen molar-refractivity contribution < 1.29 is 19.4 Å². The summed E-state index contributed by atoms with van der Waals surface area (Å²) in [5.41, 5.74) is 1.12. The number of hydrogen-bond donors (Lipinski definition) is 1. The van der Waals surface area contributed by atoms with Crippen molar-refractivity contribution in [2.45, 2.75) is 52.5 Å². The molecular weight excluding hydrogens is 384 g/mol. The standard InChI is InChI=1S/C22H26N4O4/c1-14(2)26(21(27)17-8-4-15(3)5-9-17)20-19(30-22(28)29)13-25(24-20)18-10-6-16(12-23)7-11-18/h6-7,10-11,13-15,17H,4-5,8-9H2,1-3H3,(H,28,29)/t15-,17-. The second-order valence-corrected chi connectivity index (χ2v) is 8.05. The number of amides is 1. The number of ether oxygens (including phenoxy) is 1. The molecule has 8 nitrogen and oxygen atoms in total. The molecule has 1 aliphatic carbocycles. The Morgan fingerprint density at radius 1 is 1.23 bits per heavy atom. The van der Waals surface area contributed by atoms with E-state index in [1.807, 2.05) is 13.8 Å². The van der Waals surface area contributed by atoms with E-state index in [1.165, 1.54) is 10.9 Å². The summed E-state index contributed by atoms with van der Waals surface area (Å²) in [5, 5.41) is 22.6. The molecule has 1 fully saturated rings. The van der Waals surface area contributed by atoms with Crippen LogP contribution in [0, 0.1) is 23.2 Å². The quantitative estimate of drug-likeness (QED) is 0.733. The fraction of sp³-hybridized carbons (Fsp3) is 0.455. The maximum absolute atomic E-state index is 13.4. The number of rotatable bonds is 5. The van der Waals surface area contributed by atoms with Gasteiger partial charge in [-0.25, -0.2) is 9.48 Å². The molecule has 0 unspecified atom stereocenters. The average molecular weight is 410 g/mol. The Hall–Kier alpha value is -3.34. The van der Waals surface area contributed by atoms with Crippen molar-refractivity contribution in [1.82, 2.24) is 9.78 Å². The topological polar surface area (TPSA) is 108 Å². The van der Waals surface area contributed by atoms with E-state index in [1.54, 1.807) is 29.2 Å². The highest BCUT2D eigenvalue weighted by Crippen LogP contribution is 2.35. The minimum Gasteiger partial charge on any atom is -0.449 e. The number of hydrogen-bond acceptors (Lipinski definition) is 5. The van der Waals surface area contributed by atoms with Gasteiger partial charge < -0.3 is 9.84 Å². The molecule has 30 heavy (non-hydrogen) atoms. The number of anilines is 1. The number of nitriles is 1. The molecule has 1 aromatic carbocycles. The van der Waals surface area contributed by atoms with E-state index < -0.39 is 6.16 Å². The molecule has 1 heterocycles. The summed E-state index contributed by atoms with van der Waals surface area (Å²) in [6.45, 7) is 5.93. The van der Waals surface area contributed by atoms with Gasteiger partial charge in [-0.2, -0.15) is 5.26 Å². The summed E-state index contributed by atoms with van der Waals surface area (Å²) in [6.07, 6.45) is 3.60. The van der Waals surface area contributed by atoms with Crippen LogP contribution in [0.4, 0.5) is 10.6 Å². The summed E-state index contributed by atoms with van der Waals surface area (Å²) >= 11 is 0. The smallest absolute Gasteiger partial charge is 0.449 e. The van der Waals surface area contributed by atoms with Crippen molar-refractivity contribution in [3.8, 4) is 17.5 Å². The van der Waals surface area contributed by atoms with E-state index in [-0.39, 0.29) is 29.4 Å². The largest absolute Gasteiger partial charge is 0.511 e. The molecule has 1 amide bonds. The minimum atomic E-state index is -1.47. The summed E-state index contributed by atoms with van der Waals surface area (Å²) in [7, 11) is 0. The van der Waals surface area contributed by atoms with Crippen LogP contribution < -0.4 is 9.64 Å². The monoisotopic (exact) mass is 410 g/mol. The Morgan fingerprint density at radius 3 is 2.40 bits per heavy atom. The van der Waals surface area contributed by atoms with Gasteiger partial charge in [-0.05, 0) is 69.7 Å². The second kappa shape index (κ2) is 8.99. The lowest BCUT2D eigenvalue weighted by atomic mass is 9.82. The third-order valence-corrected chi connectivity index (χ3v) is 5.47. The van der Waals surface area contributed by atoms with Crippen molar-refractivity contribution in [2.75, 3.05) is 4.90 Å². The first-order valence-electron chi connectivity index (χ1n) is 10.1. The van der Waals surface area contributed by atoms with E-state index in [9.17, 15) is 14.7 Å². The Bertz CT molecular complexity index is 951. The number of aromatic nitrogens is 2. The van der Waals surface area contributed by atoms with Crippen molar-refractivity contribution in [1.29, 1.82) is 5.26 Å². The Morgan fingerprint density at radius 2 is 1.87 bits per heavy atom. The predicted octanol–water partition coefficient (Wildman–Crippen LogP) is 4.37. The van der Waals surface area contributed by atoms with E-state index in [2.05, 4.69) is 18.1 Å². The summed E-state index contributed by atoms with van der Waals surface area (Å²) in [4.78, 5) is 26.1. The average Bonchev–Trinajstić information content (AvgIpc) is 3.11. The number of carbonyl (C=O) groups is 2. The van der Waals surface area contributed by atoms with Crippen molar-refractivity contribution in [3.63, 3.8) is 0 Å². The Labute approximate surface area is 175 Å². The van der Waals surface area contributed by atoms with Gasteiger partial charge in [0.25, 0.3) is 0 Å². The molecule has 0 saturated heterocycles. The van der Waals surface area contributed by atoms with Crippen LogP contribution in [0.3, 0.4) is 0 Å². The van der Waals surface area contributed by atoms with Crippen molar-refractivity contribution in [3.05, 3.63) is 36.0 Å². The molecule has 1 saturated carbocycles. The van der Waals surface area contributed by atoms with E-state index in [4.69, 9.17) is 10.00 Å². The zero-order chi connectivity index (χ0) is 21.8. The number of carboxylic acid groups (broad SMARTS) is 1. The van der Waals surface area contributed by atoms with Gasteiger partial charge in [-0.3, -0.25) is 9.69 Å². The van der Waals surface area contributed by atoms with Gasteiger partial charge in [-0.15, -0.1) is 5.10 Å². The van der Waals surface area contributed by atoms with Gasteiger partial charge in [0.2, 0.25) is 11.7 Å². The number of carbonyl (C=O) groups excluding carboxylic acids is 1. The second-order valence-electron chi connectivity index (χ2n) is 8.05. The highest BCUT2D eigenvalue weighted by atomic mass is 16.7. The third-order valence-electron chi connectivity index (χ3n) is 5.47. The minimum absolute atomic E-state index is 0.00177. The summed E-state index contributed by atoms with van der Waals surface area (Å²) in [6, 6.07) is 8.51. The Kier molecular flexibility index (Phi) is 6.40. The van der Waals surface area contributed by atoms with E-state index in [0.717, 1.165) is 25.7 Å². The SMILES string of the molecule is CC(C)N(c1nn(-c2ccc(C#N)cc2)cc1OC(=O)O)C(=O)[C@H]1CC[C@H](C)CC1. The highest BCUT2D eigenvalue weighted by Gasteiger charge is 2.34. The molecule has 1 aromatic heterocycles. The van der Waals surface area contributed by atoms with Crippen LogP contribution >= 0.6 is 0 Å².